The maximum absolute atomic E-state index is 6.19. The van der Waals surface area contributed by atoms with Crippen LogP contribution in [0, 0.1) is 17.8 Å². The van der Waals surface area contributed by atoms with Crippen molar-refractivity contribution in [2.24, 2.45) is 17.8 Å². The van der Waals surface area contributed by atoms with E-state index in [-0.39, 0.29) is 0 Å². The van der Waals surface area contributed by atoms with Crippen LogP contribution in [0.5, 0.6) is 5.75 Å². The SMILES string of the molecule is COc1ccc(Cl)c(NCC2CC3C=CC2C3)c1. The van der Waals surface area contributed by atoms with Gasteiger partial charge in [0.25, 0.3) is 0 Å². The summed E-state index contributed by atoms with van der Waals surface area (Å²) in [6, 6.07) is 5.72. The third kappa shape index (κ3) is 2.22. The summed E-state index contributed by atoms with van der Waals surface area (Å²) >= 11 is 6.19. The first-order chi connectivity index (χ1) is 8.76. The number of hydrogen-bond donors (Lipinski definition) is 1. The summed E-state index contributed by atoms with van der Waals surface area (Å²) in [5, 5.41) is 4.23. The zero-order chi connectivity index (χ0) is 12.5. The molecule has 0 amide bonds. The van der Waals surface area contributed by atoms with Crippen molar-refractivity contribution in [3.8, 4) is 5.75 Å². The van der Waals surface area contributed by atoms with Crippen molar-refractivity contribution >= 4 is 17.3 Å². The Kier molecular flexibility index (Phi) is 3.21. The highest BCUT2D eigenvalue weighted by Gasteiger charge is 2.35. The molecule has 0 aliphatic heterocycles. The zero-order valence-electron chi connectivity index (χ0n) is 10.5. The normalized spacial score (nSPS) is 28.7. The lowest BCUT2D eigenvalue weighted by Gasteiger charge is -2.20. The van der Waals surface area contributed by atoms with Crippen LogP contribution in [-0.2, 0) is 0 Å². The van der Waals surface area contributed by atoms with Crippen LogP contribution in [0.15, 0.2) is 30.4 Å². The molecule has 1 fully saturated rings. The van der Waals surface area contributed by atoms with Crippen LogP contribution in [0.3, 0.4) is 0 Å². The Hall–Kier alpha value is -1.15. The Morgan fingerprint density at radius 1 is 1.33 bits per heavy atom. The summed E-state index contributed by atoms with van der Waals surface area (Å²) in [5.41, 5.74) is 0.975. The van der Waals surface area contributed by atoms with E-state index in [4.69, 9.17) is 16.3 Å². The third-order valence-corrected chi connectivity index (χ3v) is 4.47. The van der Waals surface area contributed by atoms with Crippen LogP contribution in [0.1, 0.15) is 12.8 Å². The fourth-order valence-corrected chi connectivity index (χ4v) is 3.32. The topological polar surface area (TPSA) is 21.3 Å². The highest BCUT2D eigenvalue weighted by Crippen LogP contribution is 2.43. The molecule has 0 aromatic heterocycles. The second-order valence-corrected chi connectivity index (χ2v) is 5.67. The molecule has 96 valence electrons. The minimum absolute atomic E-state index is 0.752. The van der Waals surface area contributed by atoms with E-state index in [2.05, 4.69) is 17.5 Å². The number of nitrogens with one attached hydrogen (secondary N) is 1. The third-order valence-electron chi connectivity index (χ3n) is 4.14. The summed E-state index contributed by atoms with van der Waals surface area (Å²) in [6.07, 6.45) is 7.42. The van der Waals surface area contributed by atoms with Crippen molar-refractivity contribution in [2.45, 2.75) is 12.8 Å². The number of hydrogen-bond acceptors (Lipinski definition) is 2. The summed E-state index contributed by atoms with van der Waals surface area (Å²) < 4.78 is 5.22. The fourth-order valence-electron chi connectivity index (χ4n) is 3.14. The maximum Gasteiger partial charge on any atom is 0.121 e. The lowest BCUT2D eigenvalue weighted by molar-refractivity contribution is 0.415. The average molecular weight is 264 g/mol. The van der Waals surface area contributed by atoms with E-state index >= 15 is 0 Å². The Balaban J connectivity index is 1.64. The molecule has 2 aliphatic carbocycles. The smallest absolute Gasteiger partial charge is 0.121 e. The largest absolute Gasteiger partial charge is 0.497 e. The Morgan fingerprint density at radius 2 is 2.22 bits per heavy atom. The van der Waals surface area contributed by atoms with Gasteiger partial charge in [0.2, 0.25) is 0 Å². The molecule has 2 bridgehead atoms. The van der Waals surface area contributed by atoms with E-state index in [0.29, 0.717) is 0 Å². The quantitative estimate of drug-likeness (QED) is 0.830. The number of anilines is 1. The minimum atomic E-state index is 0.752. The molecular formula is C15H18ClNO. The van der Waals surface area contributed by atoms with E-state index < -0.39 is 0 Å². The van der Waals surface area contributed by atoms with Gasteiger partial charge in [-0.3, -0.25) is 0 Å². The second kappa shape index (κ2) is 4.85. The fraction of sp³-hybridized carbons (Fsp3) is 0.467. The lowest BCUT2D eigenvalue weighted by atomic mass is 9.93. The van der Waals surface area contributed by atoms with Gasteiger partial charge in [0.05, 0.1) is 17.8 Å². The van der Waals surface area contributed by atoms with E-state index in [1.54, 1.807) is 7.11 Å². The van der Waals surface area contributed by atoms with Crippen LogP contribution in [0.25, 0.3) is 0 Å². The molecule has 2 nitrogen and oxygen atoms in total. The molecule has 18 heavy (non-hydrogen) atoms. The number of halogens is 1. The van der Waals surface area contributed by atoms with Gasteiger partial charge in [-0.2, -0.15) is 0 Å². The van der Waals surface area contributed by atoms with Gasteiger partial charge in [-0.05, 0) is 42.7 Å². The van der Waals surface area contributed by atoms with E-state index in [1.807, 2.05) is 18.2 Å². The Morgan fingerprint density at radius 3 is 2.89 bits per heavy atom. The molecule has 1 saturated carbocycles. The first-order valence-corrected chi connectivity index (χ1v) is 6.90. The second-order valence-electron chi connectivity index (χ2n) is 5.27. The molecule has 0 saturated heterocycles. The average Bonchev–Trinajstić information content (AvgIpc) is 3.00. The van der Waals surface area contributed by atoms with Crippen LogP contribution >= 0.6 is 11.6 Å². The predicted octanol–water partition coefficient (Wildman–Crippen LogP) is 3.97. The molecule has 3 unspecified atom stereocenters. The summed E-state index contributed by atoms with van der Waals surface area (Å²) in [5.74, 6) is 3.19. The van der Waals surface area contributed by atoms with Gasteiger partial charge in [0.15, 0.2) is 0 Å². The first kappa shape index (κ1) is 11.9. The van der Waals surface area contributed by atoms with E-state index in [0.717, 1.165) is 40.8 Å². The number of ether oxygens (including phenoxy) is 1. The number of benzene rings is 1. The molecule has 0 radical (unpaired) electrons. The molecule has 1 N–H and O–H groups in total. The highest BCUT2D eigenvalue weighted by molar-refractivity contribution is 6.33. The van der Waals surface area contributed by atoms with Gasteiger partial charge in [-0.15, -0.1) is 0 Å². The number of rotatable bonds is 4. The summed E-state index contributed by atoms with van der Waals surface area (Å²) in [6.45, 7) is 0.998. The van der Waals surface area contributed by atoms with Crippen LogP contribution in [-0.4, -0.2) is 13.7 Å². The molecule has 3 rings (SSSR count). The van der Waals surface area contributed by atoms with Gasteiger partial charge in [0.1, 0.15) is 5.75 Å². The number of allylic oxidation sites excluding steroid dienone is 2. The van der Waals surface area contributed by atoms with Crippen molar-refractivity contribution in [2.75, 3.05) is 19.0 Å². The summed E-state index contributed by atoms with van der Waals surface area (Å²) in [7, 11) is 1.67. The van der Waals surface area contributed by atoms with Crippen LogP contribution in [0.2, 0.25) is 5.02 Å². The maximum atomic E-state index is 6.19. The van der Waals surface area contributed by atoms with Gasteiger partial charge >= 0.3 is 0 Å². The number of methoxy groups -OCH3 is 1. The standard InChI is InChI=1S/C15H18ClNO/c1-18-13-4-5-14(16)15(8-13)17-9-12-7-10-2-3-11(12)6-10/h2-5,8,10-12,17H,6-7,9H2,1H3. The zero-order valence-corrected chi connectivity index (χ0v) is 11.3. The minimum Gasteiger partial charge on any atom is -0.497 e. The van der Waals surface area contributed by atoms with Crippen molar-refractivity contribution < 1.29 is 4.74 Å². The van der Waals surface area contributed by atoms with Crippen molar-refractivity contribution in [3.63, 3.8) is 0 Å². The molecule has 3 heteroatoms. The molecule has 1 aromatic carbocycles. The molecule has 2 aliphatic rings. The lowest BCUT2D eigenvalue weighted by Crippen LogP contribution is -2.18. The number of fused-ring (bicyclic) bond motifs is 2. The van der Waals surface area contributed by atoms with Crippen LogP contribution < -0.4 is 10.1 Å². The predicted molar refractivity (Wildman–Crippen MR) is 75.3 cm³/mol. The Labute approximate surface area is 113 Å². The monoisotopic (exact) mass is 263 g/mol. The first-order valence-electron chi connectivity index (χ1n) is 6.52. The molecular weight excluding hydrogens is 246 g/mol. The Bertz CT molecular complexity index is 472. The summed E-state index contributed by atoms with van der Waals surface area (Å²) in [4.78, 5) is 0. The van der Waals surface area contributed by atoms with Crippen molar-refractivity contribution in [1.82, 2.24) is 0 Å². The molecule has 3 atom stereocenters. The highest BCUT2D eigenvalue weighted by atomic mass is 35.5. The van der Waals surface area contributed by atoms with Crippen LogP contribution in [0.4, 0.5) is 5.69 Å². The van der Waals surface area contributed by atoms with Gasteiger partial charge in [-0.1, -0.05) is 23.8 Å². The van der Waals surface area contributed by atoms with Gasteiger partial charge in [-0.25, -0.2) is 0 Å². The van der Waals surface area contributed by atoms with Crippen molar-refractivity contribution in [1.29, 1.82) is 0 Å². The molecule has 0 heterocycles. The molecule has 1 aromatic rings. The van der Waals surface area contributed by atoms with Gasteiger partial charge < -0.3 is 10.1 Å². The van der Waals surface area contributed by atoms with Crippen molar-refractivity contribution in [3.05, 3.63) is 35.4 Å². The van der Waals surface area contributed by atoms with E-state index in [9.17, 15) is 0 Å². The van der Waals surface area contributed by atoms with E-state index in [1.165, 1.54) is 12.8 Å². The van der Waals surface area contributed by atoms with Gasteiger partial charge in [0, 0.05) is 12.6 Å². The molecule has 0 spiro atoms.